The second kappa shape index (κ2) is 4.85. The van der Waals surface area contributed by atoms with Gasteiger partial charge in [-0.05, 0) is 31.7 Å². The van der Waals surface area contributed by atoms with Gasteiger partial charge < -0.3 is 9.73 Å². The third-order valence-corrected chi connectivity index (χ3v) is 3.25. The van der Waals surface area contributed by atoms with Gasteiger partial charge in [0.2, 0.25) is 0 Å². The van der Waals surface area contributed by atoms with Crippen molar-refractivity contribution in [2.75, 3.05) is 13.6 Å². The zero-order valence-electron chi connectivity index (χ0n) is 11.0. The molecule has 0 aliphatic rings. The van der Waals surface area contributed by atoms with Crippen LogP contribution in [0.5, 0.6) is 0 Å². The fourth-order valence-corrected chi connectivity index (χ4v) is 2.30. The van der Waals surface area contributed by atoms with Crippen molar-refractivity contribution in [3.8, 4) is 11.1 Å². The number of hydrogen-bond donors (Lipinski definition) is 2. The monoisotopic (exact) mass is 256 g/mol. The lowest BCUT2D eigenvalue weighted by atomic mass is 10.0. The van der Waals surface area contributed by atoms with E-state index in [1.165, 1.54) is 6.39 Å². The first-order valence-corrected chi connectivity index (χ1v) is 6.31. The Kier molecular flexibility index (Phi) is 3.05. The molecule has 0 saturated carbocycles. The van der Waals surface area contributed by atoms with Crippen molar-refractivity contribution in [1.82, 2.24) is 20.5 Å². The number of hydrogen-bond acceptors (Lipinski definition) is 4. The quantitative estimate of drug-likeness (QED) is 0.751. The number of likely N-dealkylation sites (N-methyl/N-ethyl adjacent to an activating group) is 1. The standard InChI is InChI=1S/C14H16N4O/c1-9-14(12(18-17-9)5-6-15-2)10-3-4-11-13(7-10)19-8-16-11/h3-4,7-8,15H,5-6H2,1-2H3,(H,17,18). The maximum Gasteiger partial charge on any atom is 0.181 e. The summed E-state index contributed by atoms with van der Waals surface area (Å²) in [7, 11) is 1.94. The Hall–Kier alpha value is -2.14. The van der Waals surface area contributed by atoms with Crippen LogP contribution in [0.4, 0.5) is 0 Å². The van der Waals surface area contributed by atoms with E-state index in [0.717, 1.165) is 46.6 Å². The summed E-state index contributed by atoms with van der Waals surface area (Å²) in [6, 6.07) is 6.05. The van der Waals surface area contributed by atoms with Crippen LogP contribution >= 0.6 is 0 Å². The van der Waals surface area contributed by atoms with Crippen LogP contribution in [0.2, 0.25) is 0 Å². The molecule has 0 aliphatic heterocycles. The highest BCUT2D eigenvalue weighted by molar-refractivity contribution is 5.81. The van der Waals surface area contributed by atoms with Crippen molar-refractivity contribution in [3.05, 3.63) is 36.0 Å². The summed E-state index contributed by atoms with van der Waals surface area (Å²) in [6.07, 6.45) is 2.36. The van der Waals surface area contributed by atoms with Gasteiger partial charge in [0.25, 0.3) is 0 Å². The molecule has 0 spiro atoms. The molecule has 0 bridgehead atoms. The summed E-state index contributed by atoms with van der Waals surface area (Å²) in [6.45, 7) is 2.94. The molecule has 98 valence electrons. The van der Waals surface area contributed by atoms with Gasteiger partial charge in [0.05, 0.1) is 5.69 Å². The van der Waals surface area contributed by atoms with Gasteiger partial charge in [0.1, 0.15) is 5.52 Å². The lowest BCUT2D eigenvalue weighted by Crippen LogP contribution is -2.11. The predicted molar refractivity (Wildman–Crippen MR) is 74.0 cm³/mol. The number of fused-ring (bicyclic) bond motifs is 1. The topological polar surface area (TPSA) is 66.7 Å². The van der Waals surface area contributed by atoms with Crippen molar-refractivity contribution >= 4 is 11.1 Å². The summed E-state index contributed by atoms with van der Waals surface area (Å²) in [5, 5.41) is 10.6. The normalized spacial score (nSPS) is 11.3. The molecule has 3 rings (SSSR count). The fourth-order valence-electron chi connectivity index (χ4n) is 2.30. The molecule has 0 aliphatic carbocycles. The Labute approximate surface area is 111 Å². The first-order valence-electron chi connectivity index (χ1n) is 6.31. The summed E-state index contributed by atoms with van der Waals surface area (Å²) in [4.78, 5) is 4.14. The average molecular weight is 256 g/mol. The molecular weight excluding hydrogens is 240 g/mol. The number of benzene rings is 1. The molecule has 1 aromatic carbocycles. The van der Waals surface area contributed by atoms with Gasteiger partial charge in [0, 0.05) is 24.2 Å². The number of aromatic nitrogens is 3. The lowest BCUT2D eigenvalue weighted by molar-refractivity contribution is 0.602. The van der Waals surface area contributed by atoms with Crippen LogP contribution in [-0.4, -0.2) is 28.8 Å². The molecule has 2 heterocycles. The Morgan fingerprint density at radius 3 is 3.11 bits per heavy atom. The number of aryl methyl sites for hydroxylation is 1. The number of nitrogens with zero attached hydrogens (tertiary/aromatic N) is 2. The molecule has 2 N–H and O–H groups in total. The minimum absolute atomic E-state index is 0.803. The molecule has 0 amide bonds. The smallest absolute Gasteiger partial charge is 0.181 e. The van der Waals surface area contributed by atoms with Crippen LogP contribution in [0, 0.1) is 6.92 Å². The average Bonchev–Trinajstić information content (AvgIpc) is 3.01. The van der Waals surface area contributed by atoms with Crippen LogP contribution in [0.1, 0.15) is 11.4 Å². The van der Waals surface area contributed by atoms with E-state index in [0.29, 0.717) is 0 Å². The van der Waals surface area contributed by atoms with E-state index in [2.05, 4.69) is 26.6 Å². The highest BCUT2D eigenvalue weighted by Crippen LogP contribution is 2.28. The molecule has 0 unspecified atom stereocenters. The van der Waals surface area contributed by atoms with Crippen molar-refractivity contribution in [1.29, 1.82) is 0 Å². The molecule has 5 nitrogen and oxygen atoms in total. The third kappa shape index (κ3) is 2.13. The molecule has 2 aromatic heterocycles. The van der Waals surface area contributed by atoms with Crippen molar-refractivity contribution < 1.29 is 4.42 Å². The van der Waals surface area contributed by atoms with E-state index in [4.69, 9.17) is 4.42 Å². The Bertz CT molecular complexity index is 698. The van der Waals surface area contributed by atoms with E-state index in [1.54, 1.807) is 0 Å². The summed E-state index contributed by atoms with van der Waals surface area (Å²) in [5.41, 5.74) is 6.10. The molecule has 0 radical (unpaired) electrons. The molecule has 3 aromatic rings. The fraction of sp³-hybridized carbons (Fsp3) is 0.286. The lowest BCUT2D eigenvalue weighted by Gasteiger charge is -2.04. The predicted octanol–water partition coefficient (Wildman–Crippen LogP) is 2.29. The third-order valence-electron chi connectivity index (χ3n) is 3.25. The Morgan fingerprint density at radius 1 is 1.37 bits per heavy atom. The summed E-state index contributed by atoms with van der Waals surface area (Å²) >= 11 is 0. The van der Waals surface area contributed by atoms with Gasteiger partial charge in [0.15, 0.2) is 12.0 Å². The molecule has 0 saturated heterocycles. The number of nitrogens with one attached hydrogen (secondary N) is 2. The minimum atomic E-state index is 0.803. The van der Waals surface area contributed by atoms with Crippen LogP contribution in [0.25, 0.3) is 22.2 Å². The summed E-state index contributed by atoms with van der Waals surface area (Å²) < 4.78 is 5.36. The molecular formula is C14H16N4O. The number of aromatic amines is 1. The number of oxazole rings is 1. The van der Waals surface area contributed by atoms with E-state index >= 15 is 0 Å². The largest absolute Gasteiger partial charge is 0.443 e. The minimum Gasteiger partial charge on any atom is -0.443 e. The zero-order valence-corrected chi connectivity index (χ0v) is 11.0. The van der Waals surface area contributed by atoms with Gasteiger partial charge in [-0.3, -0.25) is 5.10 Å². The van der Waals surface area contributed by atoms with E-state index in [-0.39, 0.29) is 0 Å². The molecule has 19 heavy (non-hydrogen) atoms. The highest BCUT2D eigenvalue weighted by Gasteiger charge is 2.13. The van der Waals surface area contributed by atoms with Crippen LogP contribution < -0.4 is 5.32 Å². The van der Waals surface area contributed by atoms with E-state index in [9.17, 15) is 0 Å². The molecule has 0 fully saturated rings. The first-order chi connectivity index (χ1) is 9.29. The second-order valence-corrected chi connectivity index (χ2v) is 4.56. The van der Waals surface area contributed by atoms with Crippen LogP contribution in [0.15, 0.2) is 29.0 Å². The molecule has 5 heteroatoms. The maximum atomic E-state index is 5.36. The van der Waals surface area contributed by atoms with E-state index in [1.807, 2.05) is 26.1 Å². The van der Waals surface area contributed by atoms with Crippen molar-refractivity contribution in [3.63, 3.8) is 0 Å². The SMILES string of the molecule is CNCCc1n[nH]c(C)c1-c1ccc2ncoc2c1. The molecule has 0 atom stereocenters. The van der Waals surface area contributed by atoms with Gasteiger partial charge in [-0.1, -0.05) is 6.07 Å². The van der Waals surface area contributed by atoms with Crippen LogP contribution in [-0.2, 0) is 6.42 Å². The number of rotatable bonds is 4. The van der Waals surface area contributed by atoms with Crippen molar-refractivity contribution in [2.24, 2.45) is 0 Å². The van der Waals surface area contributed by atoms with Gasteiger partial charge in [-0.15, -0.1) is 0 Å². The number of H-pyrrole nitrogens is 1. The van der Waals surface area contributed by atoms with Gasteiger partial charge in [-0.2, -0.15) is 5.10 Å². The Morgan fingerprint density at radius 2 is 2.26 bits per heavy atom. The Balaban J connectivity index is 2.06. The maximum absolute atomic E-state index is 5.36. The first kappa shape index (κ1) is 11.9. The second-order valence-electron chi connectivity index (χ2n) is 4.56. The van der Waals surface area contributed by atoms with Crippen molar-refractivity contribution in [2.45, 2.75) is 13.3 Å². The highest BCUT2D eigenvalue weighted by atomic mass is 16.3. The van der Waals surface area contributed by atoms with Gasteiger partial charge in [-0.25, -0.2) is 4.98 Å². The summed E-state index contributed by atoms with van der Waals surface area (Å²) in [5.74, 6) is 0. The van der Waals surface area contributed by atoms with Crippen LogP contribution in [0.3, 0.4) is 0 Å². The zero-order chi connectivity index (χ0) is 13.2. The van der Waals surface area contributed by atoms with E-state index < -0.39 is 0 Å². The van der Waals surface area contributed by atoms with Gasteiger partial charge >= 0.3 is 0 Å².